The first-order valence-corrected chi connectivity index (χ1v) is 6.97. The summed E-state index contributed by atoms with van der Waals surface area (Å²) in [7, 11) is 0. The van der Waals surface area contributed by atoms with Gasteiger partial charge in [-0.1, -0.05) is 0 Å². The Kier molecular flexibility index (Phi) is 4.96. The molecule has 2 amide bonds. The van der Waals surface area contributed by atoms with Crippen LogP contribution in [0.3, 0.4) is 0 Å². The van der Waals surface area contributed by atoms with Crippen LogP contribution >= 0.6 is 0 Å². The molecule has 110 valence electrons. The number of rotatable bonds is 5. The van der Waals surface area contributed by atoms with Crippen LogP contribution in [-0.4, -0.2) is 40.9 Å². The summed E-state index contributed by atoms with van der Waals surface area (Å²) in [5.74, 6) is 0.0153. The van der Waals surface area contributed by atoms with Crippen LogP contribution < -0.4 is 11.1 Å². The Morgan fingerprint density at radius 2 is 1.63 bits per heavy atom. The van der Waals surface area contributed by atoms with Crippen LogP contribution in [0.1, 0.15) is 53.4 Å². The van der Waals surface area contributed by atoms with E-state index < -0.39 is 11.1 Å². The summed E-state index contributed by atoms with van der Waals surface area (Å²) in [5, 5.41) is 2.90. The van der Waals surface area contributed by atoms with Crippen LogP contribution in [0.25, 0.3) is 0 Å². The van der Waals surface area contributed by atoms with E-state index in [1.54, 1.807) is 0 Å². The summed E-state index contributed by atoms with van der Waals surface area (Å²) in [6, 6.07) is 0. The molecule has 1 heterocycles. The van der Waals surface area contributed by atoms with Crippen molar-refractivity contribution in [1.29, 1.82) is 0 Å². The molecule has 1 rings (SSSR count). The molecule has 0 saturated carbocycles. The van der Waals surface area contributed by atoms with Gasteiger partial charge in [-0.15, -0.1) is 0 Å². The monoisotopic (exact) mass is 269 g/mol. The Morgan fingerprint density at radius 1 is 1.11 bits per heavy atom. The molecule has 5 heteroatoms. The van der Waals surface area contributed by atoms with Crippen molar-refractivity contribution in [1.82, 2.24) is 10.2 Å². The normalized spacial score (nSPS) is 16.6. The van der Waals surface area contributed by atoms with E-state index in [-0.39, 0.29) is 18.2 Å². The van der Waals surface area contributed by atoms with E-state index in [9.17, 15) is 9.59 Å². The van der Waals surface area contributed by atoms with Crippen LogP contribution in [0.4, 0.5) is 0 Å². The number of likely N-dealkylation sites (tertiary alicyclic amines) is 1. The van der Waals surface area contributed by atoms with Crippen molar-refractivity contribution in [2.45, 2.75) is 64.5 Å². The Labute approximate surface area is 115 Å². The molecule has 0 aromatic heterocycles. The second-order valence-electron chi connectivity index (χ2n) is 6.86. The third kappa shape index (κ3) is 6.05. The summed E-state index contributed by atoms with van der Waals surface area (Å²) in [4.78, 5) is 25.8. The Bertz CT molecular complexity index is 339. The van der Waals surface area contributed by atoms with Crippen LogP contribution in [0.5, 0.6) is 0 Å². The number of nitrogens with two attached hydrogens (primary N) is 1. The zero-order chi connectivity index (χ0) is 14.7. The molecule has 0 bridgehead atoms. The molecule has 0 unspecified atom stereocenters. The van der Waals surface area contributed by atoms with E-state index in [1.165, 1.54) is 0 Å². The van der Waals surface area contributed by atoms with Gasteiger partial charge in [-0.05, 0) is 40.5 Å². The summed E-state index contributed by atoms with van der Waals surface area (Å²) in [6.45, 7) is 9.08. The van der Waals surface area contributed by atoms with Gasteiger partial charge in [-0.3, -0.25) is 9.59 Å². The van der Waals surface area contributed by atoms with Gasteiger partial charge in [0.1, 0.15) is 0 Å². The number of hydrogen-bond acceptors (Lipinski definition) is 3. The van der Waals surface area contributed by atoms with Gasteiger partial charge in [0.15, 0.2) is 0 Å². The number of amides is 2. The summed E-state index contributed by atoms with van der Waals surface area (Å²) in [6.07, 6.45) is 2.76. The van der Waals surface area contributed by atoms with E-state index >= 15 is 0 Å². The Morgan fingerprint density at radius 3 is 2.11 bits per heavy atom. The van der Waals surface area contributed by atoms with Gasteiger partial charge in [0.25, 0.3) is 0 Å². The van der Waals surface area contributed by atoms with Crippen LogP contribution in [0.15, 0.2) is 0 Å². The third-order valence-electron chi connectivity index (χ3n) is 3.15. The van der Waals surface area contributed by atoms with Crippen molar-refractivity contribution < 1.29 is 9.59 Å². The molecular weight excluding hydrogens is 242 g/mol. The molecule has 3 N–H and O–H groups in total. The molecule has 0 spiro atoms. The van der Waals surface area contributed by atoms with Crippen molar-refractivity contribution in [3.63, 3.8) is 0 Å². The maximum absolute atomic E-state index is 12.1. The van der Waals surface area contributed by atoms with E-state index in [2.05, 4.69) is 5.32 Å². The average Bonchev–Trinajstić information content (AvgIpc) is 2.63. The fourth-order valence-electron chi connectivity index (χ4n) is 2.34. The lowest BCUT2D eigenvalue weighted by atomic mass is 9.97. The third-order valence-corrected chi connectivity index (χ3v) is 3.15. The molecule has 1 aliphatic heterocycles. The second kappa shape index (κ2) is 5.90. The van der Waals surface area contributed by atoms with E-state index in [1.807, 2.05) is 32.6 Å². The first kappa shape index (κ1) is 16.0. The zero-order valence-corrected chi connectivity index (χ0v) is 12.6. The molecule has 0 atom stereocenters. The minimum Gasteiger partial charge on any atom is -0.351 e. The second-order valence-corrected chi connectivity index (χ2v) is 6.86. The van der Waals surface area contributed by atoms with E-state index in [4.69, 9.17) is 5.73 Å². The molecule has 0 aromatic carbocycles. The highest BCUT2D eigenvalue weighted by molar-refractivity contribution is 5.81. The van der Waals surface area contributed by atoms with Gasteiger partial charge in [-0.2, -0.15) is 0 Å². The summed E-state index contributed by atoms with van der Waals surface area (Å²) in [5.41, 5.74) is 4.77. The first-order chi connectivity index (χ1) is 8.59. The molecule has 5 nitrogen and oxygen atoms in total. The standard InChI is InChI=1S/C14H27N3O2/c1-13(2,15)9-11(18)16-14(3,4)10-12(19)17-7-5-6-8-17/h5-10,15H2,1-4H3,(H,16,18). The maximum atomic E-state index is 12.1. The quantitative estimate of drug-likeness (QED) is 0.782. The molecule has 1 saturated heterocycles. The Balaban J connectivity index is 2.46. The van der Waals surface area contributed by atoms with Crippen LogP contribution in [0.2, 0.25) is 0 Å². The molecule has 0 aliphatic carbocycles. The highest BCUT2D eigenvalue weighted by atomic mass is 16.2. The van der Waals surface area contributed by atoms with Gasteiger partial charge in [0, 0.05) is 37.0 Å². The zero-order valence-electron chi connectivity index (χ0n) is 12.6. The topological polar surface area (TPSA) is 75.4 Å². The maximum Gasteiger partial charge on any atom is 0.224 e. The highest BCUT2D eigenvalue weighted by Gasteiger charge is 2.29. The van der Waals surface area contributed by atoms with Gasteiger partial charge in [-0.25, -0.2) is 0 Å². The first-order valence-electron chi connectivity index (χ1n) is 6.97. The number of nitrogens with one attached hydrogen (secondary N) is 1. The van der Waals surface area contributed by atoms with Gasteiger partial charge >= 0.3 is 0 Å². The minimum absolute atomic E-state index is 0.105. The fourth-order valence-corrected chi connectivity index (χ4v) is 2.34. The molecule has 1 aliphatic rings. The molecule has 1 fully saturated rings. The predicted molar refractivity (Wildman–Crippen MR) is 75.5 cm³/mol. The van der Waals surface area contributed by atoms with Crippen LogP contribution in [-0.2, 0) is 9.59 Å². The highest BCUT2D eigenvalue weighted by Crippen LogP contribution is 2.16. The number of nitrogens with zero attached hydrogens (tertiary/aromatic N) is 1. The van der Waals surface area contributed by atoms with Crippen molar-refractivity contribution in [2.75, 3.05) is 13.1 Å². The van der Waals surface area contributed by atoms with Gasteiger partial charge < -0.3 is 16.0 Å². The number of hydrogen-bond donors (Lipinski definition) is 2. The van der Waals surface area contributed by atoms with Crippen molar-refractivity contribution >= 4 is 11.8 Å². The SMILES string of the molecule is CC(C)(N)CC(=O)NC(C)(C)CC(=O)N1CCCC1. The molecule has 0 aromatic rings. The van der Waals surface area contributed by atoms with Gasteiger partial charge in [0.05, 0.1) is 0 Å². The Hall–Kier alpha value is -1.10. The smallest absolute Gasteiger partial charge is 0.224 e. The fraction of sp³-hybridized carbons (Fsp3) is 0.857. The van der Waals surface area contributed by atoms with Crippen molar-refractivity contribution in [2.24, 2.45) is 5.73 Å². The summed E-state index contributed by atoms with van der Waals surface area (Å²) < 4.78 is 0. The van der Waals surface area contributed by atoms with Crippen molar-refractivity contribution in [3.05, 3.63) is 0 Å². The predicted octanol–water partition coefficient (Wildman–Crippen LogP) is 1.02. The molecule has 19 heavy (non-hydrogen) atoms. The van der Waals surface area contributed by atoms with E-state index in [0.29, 0.717) is 6.42 Å². The lowest BCUT2D eigenvalue weighted by Gasteiger charge is -2.29. The van der Waals surface area contributed by atoms with E-state index in [0.717, 1.165) is 25.9 Å². The number of carbonyl (C=O) groups is 2. The minimum atomic E-state index is -0.529. The van der Waals surface area contributed by atoms with Crippen molar-refractivity contribution in [3.8, 4) is 0 Å². The summed E-state index contributed by atoms with van der Waals surface area (Å²) >= 11 is 0. The number of carbonyl (C=O) groups excluding carboxylic acids is 2. The average molecular weight is 269 g/mol. The molecule has 0 radical (unpaired) electrons. The van der Waals surface area contributed by atoms with Gasteiger partial charge in [0.2, 0.25) is 11.8 Å². The largest absolute Gasteiger partial charge is 0.351 e. The lowest BCUT2D eigenvalue weighted by Crippen LogP contribution is -2.49. The van der Waals surface area contributed by atoms with Crippen LogP contribution in [0, 0.1) is 0 Å². The lowest BCUT2D eigenvalue weighted by molar-refractivity contribution is -0.132. The molecular formula is C14H27N3O2.